The highest BCUT2D eigenvalue weighted by Crippen LogP contribution is 2.25. The lowest BCUT2D eigenvalue weighted by atomic mass is 10.3. The molecule has 0 spiro atoms. The topological polar surface area (TPSA) is 22.3 Å². The van der Waals surface area contributed by atoms with E-state index in [2.05, 4.69) is 12.6 Å². The summed E-state index contributed by atoms with van der Waals surface area (Å²) in [7, 11) is 0. The Kier molecular flexibility index (Phi) is 3.88. The van der Waals surface area contributed by atoms with Gasteiger partial charge in [0.1, 0.15) is 5.75 Å². The third kappa shape index (κ3) is 2.91. The molecule has 1 aromatic carbocycles. The van der Waals surface area contributed by atoms with E-state index in [9.17, 15) is 0 Å². The summed E-state index contributed by atoms with van der Waals surface area (Å²) < 4.78 is 7.35. The standard InChI is InChI=1S/C13H13NO2S/c1-2-15-14-10-6-5-9-13(14)16-11-7-3-4-8-12(11)17/h3-10H,2H2,1H3/p+1. The molecule has 0 saturated heterocycles. The number of ether oxygens (including phenoxy) is 1. The molecule has 2 rings (SSSR count). The van der Waals surface area contributed by atoms with Crippen LogP contribution in [0.4, 0.5) is 0 Å². The lowest BCUT2D eigenvalue weighted by molar-refractivity contribution is -0.892. The molecule has 1 heterocycles. The Morgan fingerprint density at radius 3 is 2.65 bits per heavy atom. The Balaban J connectivity index is 2.27. The molecule has 4 heteroatoms. The second kappa shape index (κ2) is 5.59. The van der Waals surface area contributed by atoms with Crippen LogP contribution in [0.2, 0.25) is 0 Å². The van der Waals surface area contributed by atoms with E-state index in [1.807, 2.05) is 49.4 Å². The second-order valence-corrected chi connectivity index (χ2v) is 3.83. The minimum atomic E-state index is 0.577. The zero-order valence-electron chi connectivity index (χ0n) is 9.54. The molecule has 0 saturated carbocycles. The van der Waals surface area contributed by atoms with Gasteiger partial charge in [0.05, 0.1) is 6.07 Å². The van der Waals surface area contributed by atoms with Crippen LogP contribution in [0.3, 0.4) is 0 Å². The van der Waals surface area contributed by atoms with Gasteiger partial charge in [0, 0.05) is 15.7 Å². The van der Waals surface area contributed by atoms with Gasteiger partial charge in [-0.15, -0.1) is 12.6 Å². The molecule has 17 heavy (non-hydrogen) atoms. The first kappa shape index (κ1) is 11.8. The normalized spacial score (nSPS) is 10.0. The second-order valence-electron chi connectivity index (χ2n) is 3.35. The van der Waals surface area contributed by atoms with Crippen molar-refractivity contribution < 1.29 is 14.3 Å². The molecule has 0 amide bonds. The molecular formula is C13H14NO2S+. The Bertz CT molecular complexity index is 502. The maximum atomic E-state index is 5.75. The van der Waals surface area contributed by atoms with Crippen LogP contribution >= 0.6 is 12.6 Å². The molecule has 3 nitrogen and oxygen atoms in total. The fraction of sp³-hybridized carbons (Fsp3) is 0.154. The fourth-order valence-corrected chi connectivity index (χ4v) is 1.60. The van der Waals surface area contributed by atoms with Gasteiger partial charge in [-0.1, -0.05) is 12.1 Å². The van der Waals surface area contributed by atoms with Crippen LogP contribution in [-0.2, 0) is 0 Å². The predicted molar refractivity (Wildman–Crippen MR) is 67.5 cm³/mol. The first-order valence-electron chi connectivity index (χ1n) is 5.41. The Morgan fingerprint density at radius 2 is 1.88 bits per heavy atom. The summed E-state index contributed by atoms with van der Waals surface area (Å²) >= 11 is 4.34. The molecule has 0 fully saturated rings. The Morgan fingerprint density at radius 1 is 1.12 bits per heavy atom. The van der Waals surface area contributed by atoms with Crippen molar-refractivity contribution in [1.82, 2.24) is 0 Å². The average Bonchev–Trinajstić information content (AvgIpc) is 2.35. The van der Waals surface area contributed by atoms with Crippen LogP contribution in [0.25, 0.3) is 0 Å². The van der Waals surface area contributed by atoms with Crippen molar-refractivity contribution in [2.24, 2.45) is 0 Å². The number of thiol groups is 1. The predicted octanol–water partition coefficient (Wildman–Crippen LogP) is 2.50. The monoisotopic (exact) mass is 248 g/mol. The summed E-state index contributed by atoms with van der Waals surface area (Å²) in [5, 5.41) is 0. The van der Waals surface area contributed by atoms with Gasteiger partial charge in [-0.25, -0.2) is 0 Å². The van der Waals surface area contributed by atoms with Crippen molar-refractivity contribution in [3.05, 3.63) is 48.7 Å². The fourth-order valence-electron chi connectivity index (χ4n) is 1.39. The lowest BCUT2D eigenvalue weighted by Crippen LogP contribution is -2.43. The third-order valence-electron chi connectivity index (χ3n) is 2.14. The van der Waals surface area contributed by atoms with Gasteiger partial charge in [-0.05, 0) is 25.1 Å². The maximum Gasteiger partial charge on any atom is 0.422 e. The minimum absolute atomic E-state index is 0.577. The van der Waals surface area contributed by atoms with Gasteiger partial charge in [0.15, 0.2) is 6.61 Å². The zero-order chi connectivity index (χ0) is 12.1. The van der Waals surface area contributed by atoms with Crippen molar-refractivity contribution in [2.45, 2.75) is 11.8 Å². The molecule has 0 aliphatic heterocycles. The van der Waals surface area contributed by atoms with E-state index >= 15 is 0 Å². The third-order valence-corrected chi connectivity index (χ3v) is 2.51. The number of hydrogen-bond acceptors (Lipinski definition) is 3. The summed E-state index contributed by atoms with van der Waals surface area (Å²) in [4.78, 5) is 6.21. The smallest absolute Gasteiger partial charge is 0.401 e. The van der Waals surface area contributed by atoms with E-state index < -0.39 is 0 Å². The van der Waals surface area contributed by atoms with Crippen molar-refractivity contribution in [3.63, 3.8) is 0 Å². The molecule has 1 aromatic heterocycles. The number of hydrogen-bond donors (Lipinski definition) is 1. The first-order chi connectivity index (χ1) is 8.31. The number of aromatic nitrogens is 1. The van der Waals surface area contributed by atoms with Crippen molar-refractivity contribution >= 4 is 12.6 Å². The molecular weight excluding hydrogens is 234 g/mol. The molecule has 0 aliphatic rings. The quantitative estimate of drug-likeness (QED) is 0.663. The molecule has 2 aromatic rings. The average molecular weight is 248 g/mol. The van der Waals surface area contributed by atoms with Crippen LogP contribution in [-0.4, -0.2) is 6.61 Å². The summed E-state index contributed by atoms with van der Waals surface area (Å²) in [6.45, 7) is 2.50. The van der Waals surface area contributed by atoms with Crippen LogP contribution in [0.1, 0.15) is 6.92 Å². The Hall–Kier alpha value is -1.68. The molecule has 0 aliphatic carbocycles. The summed E-state index contributed by atoms with van der Waals surface area (Å²) in [6, 6.07) is 13.2. The van der Waals surface area contributed by atoms with Gasteiger partial charge in [-0.2, -0.15) is 0 Å². The van der Waals surface area contributed by atoms with Gasteiger partial charge in [-0.3, -0.25) is 4.84 Å². The highest BCUT2D eigenvalue weighted by Gasteiger charge is 2.14. The number of nitrogens with zero attached hydrogens (tertiary/aromatic N) is 1. The number of pyridine rings is 1. The molecule has 0 bridgehead atoms. The van der Waals surface area contributed by atoms with Gasteiger partial charge in [0.2, 0.25) is 6.20 Å². The first-order valence-corrected chi connectivity index (χ1v) is 5.86. The SMILES string of the molecule is CCO[n+]1ccccc1Oc1ccccc1S. The molecule has 88 valence electrons. The summed E-state index contributed by atoms with van der Waals surface area (Å²) in [5.74, 6) is 1.33. The molecule has 0 unspecified atom stereocenters. The molecule has 0 N–H and O–H groups in total. The van der Waals surface area contributed by atoms with Crippen LogP contribution < -0.4 is 14.3 Å². The van der Waals surface area contributed by atoms with E-state index in [1.54, 1.807) is 10.9 Å². The Labute approximate surface area is 106 Å². The largest absolute Gasteiger partial charge is 0.422 e. The van der Waals surface area contributed by atoms with Gasteiger partial charge >= 0.3 is 5.88 Å². The van der Waals surface area contributed by atoms with Crippen LogP contribution in [0, 0.1) is 0 Å². The summed E-state index contributed by atoms with van der Waals surface area (Å²) in [6.07, 6.45) is 1.81. The lowest BCUT2D eigenvalue weighted by Gasteiger charge is -2.05. The van der Waals surface area contributed by atoms with E-state index in [0.717, 1.165) is 4.90 Å². The molecule has 0 radical (unpaired) electrons. The van der Waals surface area contributed by atoms with Gasteiger partial charge in [0.25, 0.3) is 0 Å². The van der Waals surface area contributed by atoms with Crippen molar-refractivity contribution in [3.8, 4) is 11.6 Å². The highest BCUT2D eigenvalue weighted by atomic mass is 32.1. The number of rotatable bonds is 4. The van der Waals surface area contributed by atoms with Crippen LogP contribution in [0.15, 0.2) is 53.6 Å². The molecule has 0 atom stereocenters. The van der Waals surface area contributed by atoms with Gasteiger partial charge < -0.3 is 4.74 Å². The van der Waals surface area contributed by atoms with E-state index in [4.69, 9.17) is 9.57 Å². The minimum Gasteiger partial charge on any atom is -0.401 e. The number of para-hydroxylation sites is 1. The highest BCUT2D eigenvalue weighted by molar-refractivity contribution is 7.80. The zero-order valence-corrected chi connectivity index (χ0v) is 10.4. The van der Waals surface area contributed by atoms with E-state index in [0.29, 0.717) is 18.2 Å². The summed E-state index contributed by atoms with van der Waals surface area (Å²) in [5.41, 5.74) is 0. The van der Waals surface area contributed by atoms with E-state index in [-0.39, 0.29) is 0 Å². The maximum absolute atomic E-state index is 5.75. The van der Waals surface area contributed by atoms with Crippen LogP contribution in [0.5, 0.6) is 11.6 Å². The van der Waals surface area contributed by atoms with Crippen molar-refractivity contribution in [1.29, 1.82) is 0 Å². The van der Waals surface area contributed by atoms with E-state index in [1.165, 1.54) is 0 Å². The number of benzene rings is 1. The van der Waals surface area contributed by atoms with Crippen molar-refractivity contribution in [2.75, 3.05) is 6.61 Å².